The van der Waals surface area contributed by atoms with Crippen molar-refractivity contribution in [2.75, 3.05) is 7.11 Å². The van der Waals surface area contributed by atoms with Gasteiger partial charge in [0.25, 0.3) is 0 Å². The van der Waals surface area contributed by atoms with Gasteiger partial charge in [-0.15, -0.1) is 0 Å². The topological polar surface area (TPSA) is 26.3 Å². The molecule has 3 rings (SSSR count). The molecule has 0 amide bonds. The molecule has 0 heterocycles. The minimum absolute atomic E-state index is 0.149. The van der Waals surface area contributed by atoms with E-state index in [4.69, 9.17) is 4.74 Å². The first-order chi connectivity index (χ1) is 10.7. The van der Waals surface area contributed by atoms with Crippen LogP contribution in [0, 0.1) is 0 Å². The summed E-state index contributed by atoms with van der Waals surface area (Å²) in [6.45, 7) is 0. The van der Waals surface area contributed by atoms with E-state index in [1.54, 1.807) is 0 Å². The van der Waals surface area contributed by atoms with Crippen LogP contribution in [0.15, 0.2) is 53.0 Å². The molecule has 2 nitrogen and oxygen atoms in total. The van der Waals surface area contributed by atoms with Crippen LogP contribution in [0.4, 0.5) is 0 Å². The highest BCUT2D eigenvalue weighted by Gasteiger charge is 2.34. The molecule has 2 aromatic carbocycles. The van der Waals surface area contributed by atoms with Crippen LogP contribution in [-0.4, -0.2) is 13.1 Å². The van der Waals surface area contributed by atoms with Crippen molar-refractivity contribution in [3.05, 3.63) is 69.7 Å². The highest BCUT2D eigenvalue weighted by atomic mass is 79.9. The van der Waals surface area contributed by atoms with E-state index in [1.807, 2.05) is 24.3 Å². The average molecular weight is 359 g/mol. The van der Waals surface area contributed by atoms with Gasteiger partial charge in [-0.1, -0.05) is 52.3 Å². The molecule has 0 aliphatic heterocycles. The largest absolute Gasteiger partial charge is 0.469 e. The molecule has 114 valence electrons. The number of rotatable bonds is 3. The van der Waals surface area contributed by atoms with E-state index in [0.29, 0.717) is 0 Å². The van der Waals surface area contributed by atoms with Gasteiger partial charge in [-0.05, 0) is 48.1 Å². The van der Waals surface area contributed by atoms with E-state index >= 15 is 0 Å². The average Bonchev–Trinajstić information content (AvgIpc) is 2.57. The van der Waals surface area contributed by atoms with Crippen molar-refractivity contribution in [3.63, 3.8) is 0 Å². The number of esters is 1. The third kappa shape index (κ3) is 2.95. The Morgan fingerprint density at radius 1 is 1.18 bits per heavy atom. The zero-order valence-electron chi connectivity index (χ0n) is 12.6. The summed E-state index contributed by atoms with van der Waals surface area (Å²) in [6.07, 6.45) is 3.24. The van der Waals surface area contributed by atoms with E-state index < -0.39 is 0 Å². The fourth-order valence-corrected chi connectivity index (χ4v) is 3.73. The van der Waals surface area contributed by atoms with E-state index in [0.717, 1.165) is 29.3 Å². The van der Waals surface area contributed by atoms with Crippen LogP contribution in [0.2, 0.25) is 0 Å². The predicted molar refractivity (Wildman–Crippen MR) is 91.0 cm³/mol. The van der Waals surface area contributed by atoms with Crippen molar-refractivity contribution < 1.29 is 9.53 Å². The molecule has 0 spiro atoms. The minimum Gasteiger partial charge on any atom is -0.469 e. The molecule has 0 saturated carbocycles. The maximum absolute atomic E-state index is 12.5. The van der Waals surface area contributed by atoms with Crippen LogP contribution in [-0.2, 0) is 16.0 Å². The summed E-state index contributed by atoms with van der Waals surface area (Å²) in [7, 11) is 1.48. The van der Waals surface area contributed by atoms with Gasteiger partial charge < -0.3 is 4.74 Å². The molecule has 2 aromatic rings. The number of ether oxygens (including phenoxy) is 1. The summed E-state index contributed by atoms with van der Waals surface area (Å²) in [5.74, 6) is -0.192. The van der Waals surface area contributed by atoms with Gasteiger partial charge in [-0.2, -0.15) is 0 Å². The molecule has 22 heavy (non-hydrogen) atoms. The van der Waals surface area contributed by atoms with Crippen LogP contribution in [0.3, 0.4) is 0 Å². The lowest BCUT2D eigenvalue weighted by Gasteiger charge is -2.31. The molecule has 0 radical (unpaired) electrons. The SMILES string of the molecule is COC(=O)[C@@H](c1ccc(Br)cc1)[C@H]1CCCc2ccccc21. The zero-order chi connectivity index (χ0) is 15.5. The predicted octanol–water partition coefficient (Wildman–Crippen LogP) is 4.83. The van der Waals surface area contributed by atoms with Crippen molar-refractivity contribution in [2.24, 2.45) is 0 Å². The van der Waals surface area contributed by atoms with Crippen LogP contribution < -0.4 is 0 Å². The Morgan fingerprint density at radius 3 is 2.64 bits per heavy atom. The Bertz CT molecular complexity index is 663. The van der Waals surface area contributed by atoms with Gasteiger partial charge in [-0.3, -0.25) is 4.79 Å². The summed E-state index contributed by atoms with van der Waals surface area (Å²) in [4.78, 5) is 12.5. The van der Waals surface area contributed by atoms with Crippen LogP contribution in [0.1, 0.15) is 41.4 Å². The second-order valence-electron chi connectivity index (χ2n) is 5.75. The molecule has 2 atom stereocenters. The molecule has 1 aliphatic carbocycles. The Hall–Kier alpha value is -1.61. The van der Waals surface area contributed by atoms with Gasteiger partial charge in [-0.25, -0.2) is 0 Å². The number of benzene rings is 2. The van der Waals surface area contributed by atoms with E-state index in [9.17, 15) is 4.79 Å². The summed E-state index contributed by atoms with van der Waals surface area (Å²) in [6, 6.07) is 16.5. The lowest BCUT2D eigenvalue weighted by Crippen LogP contribution is -2.25. The molecule has 3 heteroatoms. The number of aryl methyl sites for hydroxylation is 1. The van der Waals surface area contributed by atoms with Crippen molar-refractivity contribution in [3.8, 4) is 0 Å². The Morgan fingerprint density at radius 2 is 1.91 bits per heavy atom. The van der Waals surface area contributed by atoms with E-state index in [-0.39, 0.29) is 17.8 Å². The minimum atomic E-state index is -0.237. The van der Waals surface area contributed by atoms with Gasteiger partial charge in [0.05, 0.1) is 13.0 Å². The second kappa shape index (κ2) is 6.66. The fraction of sp³-hybridized carbons (Fsp3) is 0.316. The fourth-order valence-electron chi connectivity index (χ4n) is 3.47. The lowest BCUT2D eigenvalue weighted by molar-refractivity contribution is -0.143. The summed E-state index contributed by atoms with van der Waals surface area (Å²) >= 11 is 3.45. The molecule has 0 fully saturated rings. The van der Waals surface area contributed by atoms with Crippen molar-refractivity contribution >= 4 is 21.9 Å². The molecule has 0 unspecified atom stereocenters. The summed E-state index contributed by atoms with van der Waals surface area (Å²) in [5, 5.41) is 0. The highest BCUT2D eigenvalue weighted by Crippen LogP contribution is 2.42. The number of hydrogen-bond acceptors (Lipinski definition) is 2. The first-order valence-corrected chi connectivity index (χ1v) is 8.41. The third-order valence-corrected chi connectivity index (χ3v) is 5.03. The van der Waals surface area contributed by atoms with Crippen molar-refractivity contribution in [1.29, 1.82) is 0 Å². The maximum Gasteiger partial charge on any atom is 0.313 e. The number of carbonyl (C=O) groups excluding carboxylic acids is 1. The van der Waals surface area contributed by atoms with Crippen LogP contribution in [0.25, 0.3) is 0 Å². The van der Waals surface area contributed by atoms with Gasteiger partial charge in [0.2, 0.25) is 0 Å². The Balaban J connectivity index is 2.04. The quantitative estimate of drug-likeness (QED) is 0.734. The Kier molecular flexibility index (Phi) is 4.63. The number of halogens is 1. The third-order valence-electron chi connectivity index (χ3n) is 4.50. The summed E-state index contributed by atoms with van der Waals surface area (Å²) < 4.78 is 6.13. The van der Waals surface area contributed by atoms with Crippen molar-refractivity contribution in [1.82, 2.24) is 0 Å². The second-order valence-corrected chi connectivity index (χ2v) is 6.67. The molecular weight excluding hydrogens is 340 g/mol. The molecule has 0 N–H and O–H groups in total. The molecule has 0 bridgehead atoms. The Labute approximate surface area is 139 Å². The molecule has 1 aliphatic rings. The number of hydrogen-bond donors (Lipinski definition) is 0. The van der Waals surface area contributed by atoms with Gasteiger partial charge >= 0.3 is 5.97 Å². The molecule has 0 aromatic heterocycles. The zero-order valence-corrected chi connectivity index (χ0v) is 14.2. The van der Waals surface area contributed by atoms with Crippen molar-refractivity contribution in [2.45, 2.75) is 31.1 Å². The monoisotopic (exact) mass is 358 g/mol. The number of fused-ring (bicyclic) bond motifs is 1. The highest BCUT2D eigenvalue weighted by molar-refractivity contribution is 9.10. The smallest absolute Gasteiger partial charge is 0.313 e. The van der Waals surface area contributed by atoms with E-state index in [1.165, 1.54) is 18.2 Å². The van der Waals surface area contributed by atoms with E-state index in [2.05, 4.69) is 40.2 Å². The first kappa shape index (κ1) is 15.3. The van der Waals surface area contributed by atoms with Gasteiger partial charge in [0.15, 0.2) is 0 Å². The first-order valence-electron chi connectivity index (χ1n) is 7.62. The molecular formula is C19H19BrO2. The van der Waals surface area contributed by atoms with Gasteiger partial charge in [0, 0.05) is 10.4 Å². The van der Waals surface area contributed by atoms with Gasteiger partial charge in [0.1, 0.15) is 0 Å². The summed E-state index contributed by atoms with van der Waals surface area (Å²) in [5.41, 5.74) is 3.69. The van der Waals surface area contributed by atoms with Crippen LogP contribution >= 0.6 is 15.9 Å². The standard InChI is InChI=1S/C19H19BrO2/c1-22-19(21)18(14-9-11-15(20)12-10-14)17-8-4-6-13-5-2-3-7-16(13)17/h2-3,5,7,9-12,17-18H,4,6,8H2,1H3/t17-,18-/m0/s1. The number of carbonyl (C=O) groups is 1. The number of methoxy groups -OCH3 is 1. The lowest BCUT2D eigenvalue weighted by atomic mass is 9.73. The molecule has 0 saturated heterocycles. The van der Waals surface area contributed by atoms with Crippen LogP contribution in [0.5, 0.6) is 0 Å². The normalized spacial score (nSPS) is 18.4. The maximum atomic E-state index is 12.5.